The number of nitrogens with two attached hydrogens (primary N) is 1. The van der Waals surface area contributed by atoms with Crippen molar-refractivity contribution in [1.29, 1.82) is 0 Å². The lowest BCUT2D eigenvalue weighted by Gasteiger charge is -2.19. The van der Waals surface area contributed by atoms with Gasteiger partial charge in [-0.15, -0.1) is 0 Å². The summed E-state index contributed by atoms with van der Waals surface area (Å²) in [5, 5.41) is 6.64. The molecule has 84 valence electrons. The largest absolute Gasteiger partial charge is 0.382 e. The Morgan fingerprint density at radius 2 is 2.00 bits per heavy atom. The van der Waals surface area contributed by atoms with Gasteiger partial charge >= 0.3 is 0 Å². The van der Waals surface area contributed by atoms with Crippen LogP contribution >= 0.6 is 0 Å². The van der Waals surface area contributed by atoms with Crippen LogP contribution in [0.5, 0.6) is 0 Å². The first-order valence-electron chi connectivity index (χ1n) is 5.10. The zero-order chi connectivity index (χ0) is 11.8. The molecule has 0 aliphatic rings. The molecule has 0 bridgehead atoms. The quantitative estimate of drug-likeness (QED) is 0.762. The second-order valence-corrected chi connectivity index (χ2v) is 4.73. The van der Waals surface area contributed by atoms with Gasteiger partial charge < -0.3 is 5.73 Å². The molecule has 2 aromatic heterocycles. The summed E-state index contributed by atoms with van der Waals surface area (Å²) in [6.07, 6.45) is 5.16. The lowest BCUT2D eigenvalue weighted by atomic mass is 9.91. The fourth-order valence-electron chi connectivity index (χ4n) is 1.48. The lowest BCUT2D eigenvalue weighted by molar-refractivity contribution is 0.569. The first-order valence-corrected chi connectivity index (χ1v) is 5.10. The van der Waals surface area contributed by atoms with E-state index in [1.807, 2.05) is 0 Å². The topological polar surface area (TPSA) is 80.5 Å². The highest BCUT2D eigenvalue weighted by Gasteiger charge is 2.20. The van der Waals surface area contributed by atoms with Crippen LogP contribution in [0.2, 0.25) is 0 Å². The predicted octanol–water partition coefficient (Wildman–Crippen LogP) is 1.75. The van der Waals surface area contributed by atoms with Crippen LogP contribution in [-0.4, -0.2) is 20.2 Å². The van der Waals surface area contributed by atoms with Crippen molar-refractivity contribution < 1.29 is 0 Å². The number of nitrogens with zero attached hydrogens (tertiary/aromatic N) is 3. The van der Waals surface area contributed by atoms with Gasteiger partial charge in [-0.25, -0.2) is 9.97 Å². The summed E-state index contributed by atoms with van der Waals surface area (Å²) in [5.41, 5.74) is 8.23. The van der Waals surface area contributed by atoms with E-state index >= 15 is 0 Å². The van der Waals surface area contributed by atoms with Gasteiger partial charge in [-0.3, -0.25) is 5.10 Å². The van der Waals surface area contributed by atoms with E-state index in [2.05, 4.69) is 40.9 Å². The second-order valence-electron chi connectivity index (χ2n) is 4.73. The molecule has 0 aliphatic carbocycles. The highest BCUT2D eigenvalue weighted by Crippen LogP contribution is 2.26. The summed E-state index contributed by atoms with van der Waals surface area (Å²) < 4.78 is 0. The Hall–Kier alpha value is -1.91. The molecular weight excluding hydrogens is 202 g/mol. The van der Waals surface area contributed by atoms with Crippen LogP contribution < -0.4 is 5.73 Å². The van der Waals surface area contributed by atoms with Crippen LogP contribution in [0.4, 0.5) is 5.82 Å². The number of hydrogen-bond donors (Lipinski definition) is 2. The van der Waals surface area contributed by atoms with Crippen molar-refractivity contribution in [2.45, 2.75) is 26.2 Å². The maximum absolute atomic E-state index is 5.83. The molecule has 5 heteroatoms. The van der Waals surface area contributed by atoms with E-state index in [0.717, 1.165) is 17.0 Å². The molecule has 0 unspecified atom stereocenters. The van der Waals surface area contributed by atoms with Crippen LogP contribution in [0.15, 0.2) is 18.6 Å². The molecule has 2 rings (SSSR count). The normalized spacial score (nSPS) is 11.7. The van der Waals surface area contributed by atoms with Crippen molar-refractivity contribution in [2.24, 2.45) is 0 Å². The minimum absolute atomic E-state index is 0.114. The van der Waals surface area contributed by atoms with E-state index in [9.17, 15) is 0 Å². The standard InChI is InChI=1S/C11H15N5/c1-11(2,3)9-10(12)13-6-8(16-9)7-4-14-15-5-7/h4-6H,1-3H3,(H2,12,13)(H,14,15). The summed E-state index contributed by atoms with van der Waals surface area (Å²) in [5.74, 6) is 0.486. The molecule has 5 nitrogen and oxygen atoms in total. The van der Waals surface area contributed by atoms with Gasteiger partial charge in [-0.2, -0.15) is 5.10 Å². The van der Waals surface area contributed by atoms with Crippen LogP contribution in [-0.2, 0) is 5.41 Å². The third kappa shape index (κ3) is 1.88. The molecule has 0 saturated heterocycles. The van der Waals surface area contributed by atoms with E-state index in [-0.39, 0.29) is 5.41 Å². The van der Waals surface area contributed by atoms with Gasteiger partial charge in [0.2, 0.25) is 0 Å². The number of H-pyrrole nitrogens is 1. The van der Waals surface area contributed by atoms with E-state index < -0.39 is 0 Å². The molecule has 2 heterocycles. The highest BCUT2D eigenvalue weighted by molar-refractivity contribution is 5.58. The third-order valence-electron chi connectivity index (χ3n) is 2.31. The minimum atomic E-state index is -0.114. The van der Waals surface area contributed by atoms with Gasteiger partial charge in [-0.05, 0) is 0 Å². The third-order valence-corrected chi connectivity index (χ3v) is 2.31. The zero-order valence-electron chi connectivity index (χ0n) is 9.65. The first kappa shape index (κ1) is 10.6. The van der Waals surface area contributed by atoms with Crippen molar-refractivity contribution in [2.75, 3.05) is 5.73 Å². The first-order chi connectivity index (χ1) is 7.48. The number of nitrogen functional groups attached to an aromatic ring is 1. The van der Waals surface area contributed by atoms with Crippen LogP contribution in [0, 0.1) is 0 Å². The highest BCUT2D eigenvalue weighted by atomic mass is 15.1. The Labute approximate surface area is 94.1 Å². The monoisotopic (exact) mass is 217 g/mol. The molecular formula is C11H15N5. The number of hydrogen-bond acceptors (Lipinski definition) is 4. The average molecular weight is 217 g/mol. The van der Waals surface area contributed by atoms with Gasteiger partial charge in [0.1, 0.15) is 5.82 Å². The van der Waals surface area contributed by atoms with Crippen molar-refractivity contribution >= 4 is 5.82 Å². The average Bonchev–Trinajstić information content (AvgIpc) is 2.69. The minimum Gasteiger partial charge on any atom is -0.382 e. The molecule has 3 N–H and O–H groups in total. The molecule has 0 fully saturated rings. The molecule has 0 amide bonds. The Morgan fingerprint density at radius 3 is 2.56 bits per heavy atom. The Kier molecular flexibility index (Phi) is 2.38. The van der Waals surface area contributed by atoms with Gasteiger partial charge in [0.25, 0.3) is 0 Å². The fraction of sp³-hybridized carbons (Fsp3) is 0.364. The lowest BCUT2D eigenvalue weighted by Crippen LogP contribution is -2.17. The Bertz CT molecular complexity index is 482. The predicted molar refractivity (Wildman–Crippen MR) is 62.7 cm³/mol. The van der Waals surface area contributed by atoms with Crippen molar-refractivity contribution in [1.82, 2.24) is 20.2 Å². The number of nitrogens with one attached hydrogen (secondary N) is 1. The maximum atomic E-state index is 5.83. The van der Waals surface area contributed by atoms with Gasteiger partial charge in [0.15, 0.2) is 0 Å². The summed E-state index contributed by atoms with van der Waals surface area (Å²) in [6, 6.07) is 0. The molecule has 0 atom stereocenters. The molecule has 0 saturated carbocycles. The molecule has 2 aromatic rings. The van der Waals surface area contributed by atoms with E-state index in [4.69, 9.17) is 5.73 Å². The molecule has 0 spiro atoms. The second kappa shape index (κ2) is 3.59. The summed E-state index contributed by atoms with van der Waals surface area (Å²) in [4.78, 5) is 8.71. The molecule has 0 aliphatic heterocycles. The maximum Gasteiger partial charge on any atom is 0.145 e. The summed E-state index contributed by atoms with van der Waals surface area (Å²) >= 11 is 0. The smallest absolute Gasteiger partial charge is 0.145 e. The van der Waals surface area contributed by atoms with Crippen molar-refractivity contribution in [3.8, 4) is 11.3 Å². The summed E-state index contributed by atoms with van der Waals surface area (Å²) in [6.45, 7) is 6.19. The molecule has 0 radical (unpaired) electrons. The van der Waals surface area contributed by atoms with Gasteiger partial charge in [-0.1, -0.05) is 20.8 Å². The Morgan fingerprint density at radius 1 is 1.25 bits per heavy atom. The number of aromatic amines is 1. The van der Waals surface area contributed by atoms with E-state index in [1.54, 1.807) is 18.6 Å². The van der Waals surface area contributed by atoms with Crippen LogP contribution in [0.1, 0.15) is 26.5 Å². The summed E-state index contributed by atoms with van der Waals surface area (Å²) in [7, 11) is 0. The van der Waals surface area contributed by atoms with E-state index in [0.29, 0.717) is 5.82 Å². The van der Waals surface area contributed by atoms with Crippen molar-refractivity contribution in [3.63, 3.8) is 0 Å². The Balaban J connectivity index is 2.52. The van der Waals surface area contributed by atoms with Gasteiger partial charge in [0, 0.05) is 17.2 Å². The van der Waals surface area contributed by atoms with Crippen LogP contribution in [0.3, 0.4) is 0 Å². The molecule has 16 heavy (non-hydrogen) atoms. The number of anilines is 1. The fourth-order valence-corrected chi connectivity index (χ4v) is 1.48. The van der Waals surface area contributed by atoms with Gasteiger partial charge in [0.05, 0.1) is 23.8 Å². The van der Waals surface area contributed by atoms with Crippen LogP contribution in [0.25, 0.3) is 11.3 Å². The number of rotatable bonds is 1. The zero-order valence-corrected chi connectivity index (χ0v) is 9.65. The van der Waals surface area contributed by atoms with Crippen molar-refractivity contribution in [3.05, 3.63) is 24.3 Å². The number of aromatic nitrogens is 4. The van der Waals surface area contributed by atoms with E-state index in [1.165, 1.54) is 0 Å². The molecule has 0 aromatic carbocycles. The SMILES string of the molecule is CC(C)(C)c1nc(-c2cn[nH]c2)cnc1N.